The molecule has 0 amide bonds. The molecule has 0 N–H and O–H groups in total. The van der Waals surface area contributed by atoms with E-state index in [0.29, 0.717) is 5.69 Å². The van der Waals surface area contributed by atoms with Gasteiger partial charge >= 0.3 is 0 Å². The number of aromatic nitrogens is 2. The summed E-state index contributed by atoms with van der Waals surface area (Å²) in [6, 6.07) is 6.38. The minimum Gasteiger partial charge on any atom is -0.296 e. The first-order valence-corrected chi connectivity index (χ1v) is 6.93. The van der Waals surface area contributed by atoms with E-state index in [-0.39, 0.29) is 0 Å². The number of aldehydes is 1. The summed E-state index contributed by atoms with van der Waals surface area (Å²) < 4.78 is 1.94. The fraction of sp³-hybridized carbons (Fsp3) is 0.200. The van der Waals surface area contributed by atoms with E-state index >= 15 is 0 Å². The van der Waals surface area contributed by atoms with Crippen LogP contribution in [0.4, 0.5) is 0 Å². The highest BCUT2D eigenvalue weighted by molar-refractivity contribution is 7.17. The Balaban J connectivity index is 2.34. The van der Waals surface area contributed by atoms with Crippen LogP contribution in [0, 0.1) is 20.8 Å². The monoisotopic (exact) mass is 270 g/mol. The molecule has 3 aromatic rings. The first kappa shape index (κ1) is 12.1. The molecule has 0 fully saturated rings. The van der Waals surface area contributed by atoms with Crippen LogP contribution in [0.1, 0.15) is 26.5 Å². The van der Waals surface area contributed by atoms with E-state index in [1.807, 2.05) is 4.40 Å². The third kappa shape index (κ3) is 1.79. The van der Waals surface area contributed by atoms with Gasteiger partial charge in [-0.05, 0) is 43.5 Å². The van der Waals surface area contributed by atoms with Gasteiger partial charge in [-0.2, -0.15) is 0 Å². The van der Waals surface area contributed by atoms with Crippen LogP contribution in [0.3, 0.4) is 0 Å². The first-order chi connectivity index (χ1) is 9.11. The average molecular weight is 270 g/mol. The van der Waals surface area contributed by atoms with E-state index in [1.165, 1.54) is 16.0 Å². The van der Waals surface area contributed by atoms with Crippen molar-refractivity contribution in [2.75, 3.05) is 0 Å². The molecule has 0 aliphatic carbocycles. The molecule has 2 heterocycles. The van der Waals surface area contributed by atoms with E-state index in [0.717, 1.165) is 22.5 Å². The zero-order chi connectivity index (χ0) is 13.6. The molecule has 2 aromatic heterocycles. The number of fused-ring (bicyclic) bond motifs is 1. The number of hydrogen-bond acceptors (Lipinski definition) is 3. The van der Waals surface area contributed by atoms with Crippen LogP contribution in [-0.4, -0.2) is 15.7 Å². The van der Waals surface area contributed by atoms with Gasteiger partial charge in [0.15, 0.2) is 11.2 Å². The predicted molar refractivity (Wildman–Crippen MR) is 78.1 cm³/mol. The molecule has 0 aliphatic rings. The maximum atomic E-state index is 11.1. The van der Waals surface area contributed by atoms with Gasteiger partial charge in [0, 0.05) is 4.88 Å². The molecule has 0 bridgehead atoms. The number of thiazole rings is 1. The number of nitrogens with zero attached hydrogens (tertiary/aromatic N) is 2. The molecule has 0 spiro atoms. The predicted octanol–water partition coefficient (Wildman–Crippen LogP) is 3.80. The fourth-order valence-corrected chi connectivity index (χ4v) is 3.26. The van der Waals surface area contributed by atoms with Crippen LogP contribution in [0.25, 0.3) is 16.2 Å². The van der Waals surface area contributed by atoms with Crippen LogP contribution in [-0.2, 0) is 0 Å². The summed E-state index contributed by atoms with van der Waals surface area (Å²) in [4.78, 5) is 17.5. The normalized spacial score (nSPS) is 11.1. The third-order valence-electron chi connectivity index (χ3n) is 3.46. The summed E-state index contributed by atoms with van der Waals surface area (Å²) in [7, 11) is 0. The quantitative estimate of drug-likeness (QED) is 0.664. The number of benzene rings is 1. The van der Waals surface area contributed by atoms with Crippen molar-refractivity contribution in [3.05, 3.63) is 46.1 Å². The molecule has 4 heteroatoms. The van der Waals surface area contributed by atoms with E-state index in [1.54, 1.807) is 17.5 Å². The van der Waals surface area contributed by atoms with Gasteiger partial charge in [0.05, 0.1) is 11.9 Å². The van der Waals surface area contributed by atoms with Gasteiger partial charge in [-0.25, -0.2) is 4.98 Å². The summed E-state index contributed by atoms with van der Waals surface area (Å²) in [5.41, 5.74) is 5.33. The van der Waals surface area contributed by atoms with Crippen molar-refractivity contribution in [3.8, 4) is 11.3 Å². The standard InChI is InChI=1S/C15H14N2OS/c1-9-4-5-12(6-10(9)2)14-11(3)19-15-16-7-13(8-18)17(14)15/h4-8H,1-3H3. The van der Waals surface area contributed by atoms with Crippen LogP contribution in [0.5, 0.6) is 0 Å². The second-order valence-electron chi connectivity index (χ2n) is 4.72. The lowest BCUT2D eigenvalue weighted by Crippen LogP contribution is -1.94. The van der Waals surface area contributed by atoms with Gasteiger partial charge in [0.1, 0.15) is 5.69 Å². The molecule has 0 aliphatic heterocycles. The number of aryl methyl sites for hydroxylation is 3. The molecule has 0 atom stereocenters. The van der Waals surface area contributed by atoms with E-state index in [2.05, 4.69) is 44.0 Å². The van der Waals surface area contributed by atoms with Crippen LogP contribution >= 0.6 is 11.3 Å². The van der Waals surface area contributed by atoms with Crippen molar-refractivity contribution in [2.24, 2.45) is 0 Å². The van der Waals surface area contributed by atoms with E-state index in [9.17, 15) is 4.79 Å². The number of carbonyl (C=O) groups excluding carboxylic acids is 1. The summed E-state index contributed by atoms with van der Waals surface area (Å²) in [5, 5.41) is 0. The Morgan fingerprint density at radius 3 is 2.68 bits per heavy atom. The highest BCUT2D eigenvalue weighted by Crippen LogP contribution is 2.32. The lowest BCUT2D eigenvalue weighted by atomic mass is 10.0. The minimum absolute atomic E-state index is 0.604. The molecule has 96 valence electrons. The molecule has 0 saturated heterocycles. The Labute approximate surface area is 115 Å². The minimum atomic E-state index is 0.604. The molecular formula is C15H14N2OS. The van der Waals surface area contributed by atoms with E-state index < -0.39 is 0 Å². The van der Waals surface area contributed by atoms with Crippen molar-refractivity contribution in [3.63, 3.8) is 0 Å². The van der Waals surface area contributed by atoms with Crippen molar-refractivity contribution in [1.82, 2.24) is 9.38 Å². The molecule has 3 nitrogen and oxygen atoms in total. The van der Waals surface area contributed by atoms with Gasteiger partial charge in [0.25, 0.3) is 0 Å². The van der Waals surface area contributed by atoms with Gasteiger partial charge in [-0.3, -0.25) is 9.20 Å². The second kappa shape index (κ2) is 4.31. The topological polar surface area (TPSA) is 34.4 Å². The largest absolute Gasteiger partial charge is 0.296 e. The smallest absolute Gasteiger partial charge is 0.194 e. The Morgan fingerprint density at radius 1 is 1.21 bits per heavy atom. The molecule has 3 rings (SSSR count). The molecule has 0 unspecified atom stereocenters. The SMILES string of the molecule is Cc1ccc(-c2c(C)sc3ncc(C=O)n23)cc1C. The molecular weight excluding hydrogens is 256 g/mol. The van der Waals surface area contributed by atoms with Crippen molar-refractivity contribution in [1.29, 1.82) is 0 Å². The summed E-state index contributed by atoms with van der Waals surface area (Å²) in [6.07, 6.45) is 2.49. The number of rotatable bonds is 2. The highest BCUT2D eigenvalue weighted by atomic mass is 32.1. The van der Waals surface area contributed by atoms with Crippen LogP contribution < -0.4 is 0 Å². The van der Waals surface area contributed by atoms with Gasteiger partial charge in [0.2, 0.25) is 0 Å². The lowest BCUT2D eigenvalue weighted by molar-refractivity contribution is 0.111. The highest BCUT2D eigenvalue weighted by Gasteiger charge is 2.15. The van der Waals surface area contributed by atoms with Crippen molar-refractivity contribution < 1.29 is 4.79 Å². The molecule has 0 radical (unpaired) electrons. The Kier molecular flexibility index (Phi) is 2.75. The summed E-state index contributed by atoms with van der Waals surface area (Å²) in [6.45, 7) is 6.27. The fourth-order valence-electron chi connectivity index (χ4n) is 2.29. The number of hydrogen-bond donors (Lipinski definition) is 0. The lowest BCUT2D eigenvalue weighted by Gasteiger charge is -2.06. The van der Waals surface area contributed by atoms with Crippen LogP contribution in [0.15, 0.2) is 24.4 Å². The van der Waals surface area contributed by atoms with E-state index in [4.69, 9.17) is 0 Å². The first-order valence-electron chi connectivity index (χ1n) is 6.11. The Morgan fingerprint density at radius 2 is 2.00 bits per heavy atom. The maximum Gasteiger partial charge on any atom is 0.194 e. The summed E-state index contributed by atoms with van der Waals surface area (Å²) >= 11 is 1.61. The van der Waals surface area contributed by atoms with Gasteiger partial charge in [-0.15, -0.1) is 11.3 Å². The Bertz CT molecular complexity index is 783. The van der Waals surface area contributed by atoms with Crippen LogP contribution in [0.2, 0.25) is 0 Å². The number of imidazole rings is 1. The Hall–Kier alpha value is -1.94. The maximum absolute atomic E-state index is 11.1. The second-order valence-corrected chi connectivity index (χ2v) is 5.91. The molecule has 0 saturated carbocycles. The van der Waals surface area contributed by atoms with Crippen molar-refractivity contribution in [2.45, 2.75) is 20.8 Å². The molecule has 19 heavy (non-hydrogen) atoms. The van der Waals surface area contributed by atoms with Gasteiger partial charge in [-0.1, -0.05) is 12.1 Å². The zero-order valence-electron chi connectivity index (χ0n) is 11.1. The summed E-state index contributed by atoms with van der Waals surface area (Å²) in [5.74, 6) is 0. The number of carbonyl (C=O) groups is 1. The van der Waals surface area contributed by atoms with Gasteiger partial charge < -0.3 is 0 Å². The average Bonchev–Trinajstić information content (AvgIpc) is 2.90. The van der Waals surface area contributed by atoms with Crippen molar-refractivity contribution >= 4 is 22.6 Å². The zero-order valence-corrected chi connectivity index (χ0v) is 11.9. The molecule has 1 aromatic carbocycles. The third-order valence-corrected chi connectivity index (χ3v) is 4.43.